The molecule has 0 atom stereocenters. The Morgan fingerprint density at radius 3 is 2.74 bits per heavy atom. The van der Waals surface area contributed by atoms with Crippen LogP contribution in [0.15, 0.2) is 47.6 Å². The molecule has 0 unspecified atom stereocenters. The highest BCUT2D eigenvalue weighted by molar-refractivity contribution is 7.99. The summed E-state index contributed by atoms with van der Waals surface area (Å²) in [6.45, 7) is 4.73. The van der Waals surface area contributed by atoms with Crippen LogP contribution in [0.3, 0.4) is 0 Å². The van der Waals surface area contributed by atoms with Crippen molar-refractivity contribution in [3.63, 3.8) is 0 Å². The normalized spacial score (nSPS) is 10.7. The number of carbonyl (C=O) groups is 2. The third kappa shape index (κ3) is 5.77. The minimum atomic E-state index is -0.604. The molecule has 2 amide bonds. The first kappa shape index (κ1) is 22.6. The standard InChI is InChI=1S/C21H22ClN5O3S/c1-3-27-18(11-30-17-10-13(2)8-9-15(17)22)25-26-21(27)31-12-19(28)24-16-7-5-4-6-14(16)20(23)29/h4-10H,3,11-12H2,1-2H3,(H2,23,29)(H,24,28). The summed E-state index contributed by atoms with van der Waals surface area (Å²) in [6.07, 6.45) is 0. The van der Waals surface area contributed by atoms with Gasteiger partial charge in [-0.2, -0.15) is 0 Å². The highest BCUT2D eigenvalue weighted by Crippen LogP contribution is 2.26. The number of nitrogens with zero attached hydrogens (tertiary/aromatic N) is 3. The number of anilines is 1. The number of thioether (sulfide) groups is 1. The smallest absolute Gasteiger partial charge is 0.250 e. The van der Waals surface area contributed by atoms with Gasteiger partial charge >= 0.3 is 0 Å². The van der Waals surface area contributed by atoms with Crippen LogP contribution in [0.4, 0.5) is 5.69 Å². The lowest BCUT2D eigenvalue weighted by Crippen LogP contribution is -2.19. The number of rotatable bonds is 9. The minimum absolute atomic E-state index is 0.0931. The predicted octanol–water partition coefficient (Wildman–Crippen LogP) is 3.67. The molecule has 31 heavy (non-hydrogen) atoms. The Morgan fingerprint density at radius 1 is 1.23 bits per heavy atom. The van der Waals surface area contributed by atoms with Crippen molar-refractivity contribution in [3.8, 4) is 5.75 Å². The monoisotopic (exact) mass is 459 g/mol. The second-order valence-corrected chi connectivity index (χ2v) is 7.96. The lowest BCUT2D eigenvalue weighted by Gasteiger charge is -2.11. The number of amides is 2. The molecule has 2 aromatic carbocycles. The summed E-state index contributed by atoms with van der Waals surface area (Å²) in [5.41, 5.74) is 7.02. The van der Waals surface area contributed by atoms with Crippen molar-refractivity contribution in [1.82, 2.24) is 14.8 Å². The molecule has 0 aliphatic rings. The van der Waals surface area contributed by atoms with Crippen molar-refractivity contribution < 1.29 is 14.3 Å². The van der Waals surface area contributed by atoms with E-state index in [0.29, 0.717) is 34.0 Å². The molecular weight excluding hydrogens is 438 g/mol. The minimum Gasteiger partial charge on any atom is -0.484 e. The lowest BCUT2D eigenvalue weighted by molar-refractivity contribution is -0.113. The van der Waals surface area contributed by atoms with Crippen LogP contribution in [0.2, 0.25) is 5.02 Å². The van der Waals surface area contributed by atoms with Gasteiger partial charge in [-0.15, -0.1) is 10.2 Å². The number of para-hydroxylation sites is 1. The molecule has 0 saturated carbocycles. The fraction of sp³-hybridized carbons (Fsp3) is 0.238. The Labute approximate surface area is 189 Å². The summed E-state index contributed by atoms with van der Waals surface area (Å²) in [6, 6.07) is 12.1. The molecule has 0 spiro atoms. The van der Waals surface area contributed by atoms with Gasteiger partial charge in [-0.05, 0) is 43.7 Å². The van der Waals surface area contributed by atoms with Gasteiger partial charge in [-0.1, -0.05) is 41.6 Å². The van der Waals surface area contributed by atoms with Crippen LogP contribution in [-0.4, -0.2) is 32.3 Å². The topological polar surface area (TPSA) is 112 Å². The average Bonchev–Trinajstić information content (AvgIpc) is 3.15. The van der Waals surface area contributed by atoms with Crippen LogP contribution in [0, 0.1) is 6.92 Å². The maximum absolute atomic E-state index is 12.4. The first-order valence-corrected chi connectivity index (χ1v) is 10.9. The van der Waals surface area contributed by atoms with E-state index in [2.05, 4.69) is 15.5 Å². The largest absolute Gasteiger partial charge is 0.484 e. The van der Waals surface area contributed by atoms with Crippen LogP contribution in [0.25, 0.3) is 0 Å². The zero-order chi connectivity index (χ0) is 22.4. The number of nitrogens with two attached hydrogens (primary N) is 1. The molecule has 1 heterocycles. The Balaban J connectivity index is 1.62. The number of halogens is 1. The summed E-state index contributed by atoms with van der Waals surface area (Å²) in [5, 5.41) is 12.2. The van der Waals surface area contributed by atoms with Crippen LogP contribution >= 0.6 is 23.4 Å². The quantitative estimate of drug-likeness (QED) is 0.472. The molecule has 0 radical (unpaired) electrons. The first-order valence-electron chi connectivity index (χ1n) is 9.51. The zero-order valence-electron chi connectivity index (χ0n) is 17.1. The van der Waals surface area contributed by atoms with E-state index in [4.69, 9.17) is 22.1 Å². The molecule has 3 rings (SSSR count). The molecule has 8 nitrogen and oxygen atoms in total. The fourth-order valence-electron chi connectivity index (χ4n) is 2.84. The Morgan fingerprint density at radius 2 is 2.00 bits per heavy atom. The maximum atomic E-state index is 12.4. The number of hydrogen-bond donors (Lipinski definition) is 2. The molecule has 0 aliphatic heterocycles. The molecule has 0 bridgehead atoms. The van der Waals surface area contributed by atoms with E-state index < -0.39 is 5.91 Å². The number of aromatic nitrogens is 3. The summed E-state index contributed by atoms with van der Waals surface area (Å²) < 4.78 is 7.69. The summed E-state index contributed by atoms with van der Waals surface area (Å²) >= 11 is 7.42. The van der Waals surface area contributed by atoms with Gasteiger partial charge in [0.15, 0.2) is 11.0 Å². The van der Waals surface area contributed by atoms with E-state index in [1.807, 2.05) is 30.5 Å². The Kier molecular flexibility index (Phi) is 7.54. The number of hydrogen-bond acceptors (Lipinski definition) is 6. The van der Waals surface area contributed by atoms with Crippen LogP contribution in [0.5, 0.6) is 5.75 Å². The second-order valence-electron chi connectivity index (χ2n) is 6.61. The van der Waals surface area contributed by atoms with Crippen molar-refractivity contribution in [2.24, 2.45) is 5.73 Å². The lowest BCUT2D eigenvalue weighted by atomic mass is 10.1. The van der Waals surface area contributed by atoms with Gasteiger partial charge in [0.25, 0.3) is 5.91 Å². The predicted molar refractivity (Wildman–Crippen MR) is 121 cm³/mol. The fourth-order valence-corrected chi connectivity index (χ4v) is 3.83. The molecule has 1 aromatic heterocycles. The molecule has 3 N–H and O–H groups in total. The van der Waals surface area contributed by atoms with Gasteiger partial charge in [-0.25, -0.2) is 0 Å². The highest BCUT2D eigenvalue weighted by atomic mass is 35.5. The van der Waals surface area contributed by atoms with Gasteiger partial charge in [-0.3, -0.25) is 9.59 Å². The second kappa shape index (κ2) is 10.3. The van der Waals surface area contributed by atoms with E-state index in [1.54, 1.807) is 30.3 Å². The van der Waals surface area contributed by atoms with Crippen LogP contribution in [0.1, 0.15) is 28.7 Å². The number of benzene rings is 2. The van der Waals surface area contributed by atoms with Crippen molar-refractivity contribution >= 4 is 40.9 Å². The van der Waals surface area contributed by atoms with E-state index in [1.165, 1.54) is 11.8 Å². The SMILES string of the molecule is CCn1c(COc2cc(C)ccc2Cl)nnc1SCC(=O)Nc1ccccc1C(N)=O. The number of carbonyl (C=O) groups excluding carboxylic acids is 2. The van der Waals surface area contributed by atoms with E-state index >= 15 is 0 Å². The van der Waals surface area contributed by atoms with Gasteiger partial charge in [0.05, 0.1) is 22.0 Å². The summed E-state index contributed by atoms with van der Waals surface area (Å²) in [5.74, 6) is 0.410. The van der Waals surface area contributed by atoms with E-state index in [9.17, 15) is 9.59 Å². The van der Waals surface area contributed by atoms with Gasteiger partial charge in [0.2, 0.25) is 5.91 Å². The van der Waals surface area contributed by atoms with Crippen LogP contribution in [-0.2, 0) is 17.9 Å². The van der Waals surface area contributed by atoms with Crippen molar-refractivity contribution in [2.75, 3.05) is 11.1 Å². The first-order chi connectivity index (χ1) is 14.9. The van der Waals surface area contributed by atoms with Crippen molar-refractivity contribution in [2.45, 2.75) is 32.2 Å². The number of aryl methyl sites for hydroxylation is 1. The third-order valence-corrected chi connectivity index (χ3v) is 5.63. The molecular formula is C21H22ClN5O3S. The number of ether oxygens (including phenoxy) is 1. The Hall–Kier alpha value is -3.04. The van der Waals surface area contributed by atoms with E-state index in [-0.39, 0.29) is 23.8 Å². The van der Waals surface area contributed by atoms with Gasteiger partial charge in [0, 0.05) is 6.54 Å². The summed E-state index contributed by atoms with van der Waals surface area (Å²) in [4.78, 5) is 23.9. The number of nitrogens with one attached hydrogen (secondary N) is 1. The number of primary amides is 1. The average molecular weight is 460 g/mol. The molecule has 0 fully saturated rings. The van der Waals surface area contributed by atoms with Gasteiger partial charge in [0.1, 0.15) is 12.4 Å². The zero-order valence-corrected chi connectivity index (χ0v) is 18.7. The molecule has 3 aromatic rings. The molecule has 162 valence electrons. The summed E-state index contributed by atoms with van der Waals surface area (Å²) in [7, 11) is 0. The molecule has 10 heteroatoms. The van der Waals surface area contributed by atoms with Crippen LogP contribution < -0.4 is 15.8 Å². The molecule has 0 saturated heterocycles. The van der Waals surface area contributed by atoms with E-state index in [0.717, 1.165) is 5.56 Å². The molecule has 0 aliphatic carbocycles. The van der Waals surface area contributed by atoms with Crippen molar-refractivity contribution in [3.05, 3.63) is 64.4 Å². The Bertz CT molecular complexity index is 1100. The van der Waals surface area contributed by atoms with Crippen molar-refractivity contribution in [1.29, 1.82) is 0 Å². The third-order valence-electron chi connectivity index (χ3n) is 4.35. The highest BCUT2D eigenvalue weighted by Gasteiger charge is 2.16. The van der Waals surface area contributed by atoms with Gasteiger partial charge < -0.3 is 20.4 Å². The maximum Gasteiger partial charge on any atom is 0.250 e.